The van der Waals surface area contributed by atoms with Crippen molar-refractivity contribution in [1.29, 1.82) is 0 Å². The van der Waals surface area contributed by atoms with Gasteiger partial charge in [-0.3, -0.25) is 9.59 Å². The molecule has 0 radical (unpaired) electrons. The van der Waals surface area contributed by atoms with E-state index in [1.54, 1.807) is 34.8 Å². The molecule has 6 atom stereocenters. The Morgan fingerprint density at radius 1 is 0.625 bits per heavy atom. The van der Waals surface area contributed by atoms with Crippen LogP contribution in [-0.2, 0) is 9.59 Å². The van der Waals surface area contributed by atoms with Crippen LogP contribution in [0.3, 0.4) is 0 Å². The molecule has 21 heteroatoms. The van der Waals surface area contributed by atoms with Crippen LogP contribution < -0.4 is 39.8 Å². The first kappa shape index (κ1) is 62.4. The van der Waals surface area contributed by atoms with E-state index in [-0.39, 0.29) is 63.9 Å². The summed E-state index contributed by atoms with van der Waals surface area (Å²) in [4.78, 5) is 33.2. The van der Waals surface area contributed by atoms with Gasteiger partial charge in [0.05, 0.1) is 32.7 Å². The van der Waals surface area contributed by atoms with Crippen molar-refractivity contribution in [3.8, 4) is 23.0 Å². The van der Waals surface area contributed by atoms with Gasteiger partial charge < -0.3 is 64.9 Å². The number of carbonyl (C=O) groups excluding carboxylic acids is 1. The summed E-state index contributed by atoms with van der Waals surface area (Å²) in [5, 5.41) is 36.1. The highest BCUT2D eigenvalue weighted by molar-refractivity contribution is 7.23. The molecule has 4 aromatic carbocycles. The first-order valence-electron chi connectivity index (χ1n) is 26.4. The van der Waals surface area contributed by atoms with Gasteiger partial charge in [0, 0.05) is 66.1 Å². The largest absolute Gasteiger partial charge is 0.486 e. The number of nitrogens with two attached hydrogens (primary N) is 1. The number of aliphatic carboxylic acids is 1. The van der Waals surface area contributed by atoms with Gasteiger partial charge in [0.2, 0.25) is 5.91 Å². The summed E-state index contributed by atoms with van der Waals surface area (Å²) >= 11 is 15.3. The van der Waals surface area contributed by atoms with Crippen LogP contribution in [0.4, 0.5) is 20.2 Å². The average Bonchev–Trinajstić information content (AvgIpc) is 4.32. The van der Waals surface area contributed by atoms with Crippen LogP contribution in [0, 0.1) is 23.5 Å². The van der Waals surface area contributed by atoms with Crippen LogP contribution in [0.5, 0.6) is 23.0 Å². The van der Waals surface area contributed by atoms with Gasteiger partial charge >= 0.3 is 5.97 Å². The highest BCUT2D eigenvalue weighted by Crippen LogP contribution is 2.40. The van der Waals surface area contributed by atoms with Crippen LogP contribution in [0.2, 0.25) is 8.67 Å². The topological polar surface area (TPSA) is 183 Å². The minimum atomic E-state index is -1.09. The number of likely N-dealkylation sites (tertiary alicyclic amines) is 2. The summed E-state index contributed by atoms with van der Waals surface area (Å²) in [6.07, 6.45) is 3.95. The molecule has 0 saturated carbocycles. The number of nitrogens with zero attached hydrogens (tertiary/aromatic N) is 4. The maximum Gasteiger partial charge on any atom is 0.308 e. The quantitative estimate of drug-likeness (QED) is 0.0736. The fourth-order valence-electron chi connectivity index (χ4n) is 11.0. The lowest BCUT2D eigenvalue weighted by molar-refractivity contribution is -0.141. The van der Waals surface area contributed by atoms with Crippen molar-refractivity contribution in [3.63, 3.8) is 0 Å². The molecule has 4 fully saturated rings. The van der Waals surface area contributed by atoms with Crippen LogP contribution in [-0.4, -0.2) is 141 Å². The molecule has 15 nitrogen and oxygen atoms in total. The van der Waals surface area contributed by atoms with E-state index in [2.05, 4.69) is 49.2 Å². The lowest BCUT2D eigenvalue weighted by Gasteiger charge is -2.30. The van der Waals surface area contributed by atoms with Gasteiger partial charge in [0.25, 0.3) is 0 Å². The monoisotopic (exact) mass is 1180 g/mol. The summed E-state index contributed by atoms with van der Waals surface area (Å²) in [7, 11) is 0. The molecule has 0 bridgehead atoms. The first-order valence-corrected chi connectivity index (χ1v) is 28.8. The molecule has 436 valence electrons. The Balaban J connectivity index is 0.000000187. The number of anilines is 2. The van der Waals surface area contributed by atoms with Gasteiger partial charge in [-0.05, 0) is 147 Å². The zero-order chi connectivity index (χ0) is 53.7. The van der Waals surface area contributed by atoms with Crippen molar-refractivity contribution in [2.75, 3.05) is 102 Å². The van der Waals surface area contributed by atoms with E-state index in [1.165, 1.54) is 25.0 Å². The minimum absolute atomic E-state index is 0. The van der Waals surface area contributed by atoms with Crippen LogP contribution in [0.15, 0.2) is 72.8 Å². The molecule has 6 aliphatic rings. The molecule has 80 heavy (non-hydrogen) atoms. The molecule has 0 spiro atoms. The second kappa shape index (κ2) is 28.2. The van der Waals surface area contributed by atoms with Crippen molar-refractivity contribution < 1.29 is 52.6 Å². The summed E-state index contributed by atoms with van der Waals surface area (Å²) in [5.41, 5.74) is 9.03. The molecule has 0 unspecified atom stereocenters. The highest BCUT2D eigenvalue weighted by Gasteiger charge is 2.35. The number of halogens is 4. The number of carbonyl (C=O) groups is 2. The van der Waals surface area contributed by atoms with Gasteiger partial charge in [-0.1, -0.05) is 57.6 Å². The van der Waals surface area contributed by atoms with E-state index < -0.39 is 41.9 Å². The number of fused-ring (bicyclic) bond motifs is 4. The Morgan fingerprint density at radius 2 is 1.07 bits per heavy atom. The second-order valence-corrected chi connectivity index (χ2v) is 23.9. The van der Waals surface area contributed by atoms with E-state index >= 15 is 0 Å². The summed E-state index contributed by atoms with van der Waals surface area (Å²) in [6.45, 7) is 9.06. The molecule has 1 amide bonds. The third kappa shape index (κ3) is 14.9. The number of aliphatic hydroxyl groups is 2. The van der Waals surface area contributed by atoms with Crippen molar-refractivity contribution in [2.45, 2.75) is 85.1 Å². The van der Waals surface area contributed by atoms with Crippen molar-refractivity contribution in [3.05, 3.63) is 104 Å². The molecular weight excluding hydrogens is 1110 g/mol. The third-order valence-corrected chi connectivity index (χ3v) is 17.6. The molecule has 0 aliphatic carbocycles. The molecule has 6 N–H and O–H groups in total. The molecule has 4 saturated heterocycles. The molecule has 6 aromatic rings. The lowest BCUT2D eigenvalue weighted by atomic mass is 9.99. The third-order valence-electron chi connectivity index (χ3n) is 15.1. The van der Waals surface area contributed by atoms with Gasteiger partial charge in [-0.15, -0.1) is 22.7 Å². The van der Waals surface area contributed by atoms with E-state index in [0.717, 1.165) is 105 Å². The molecule has 12 rings (SSSR count). The Labute approximate surface area is 486 Å². The number of amides is 1. The second-order valence-electron chi connectivity index (χ2n) is 20.5. The van der Waals surface area contributed by atoms with Gasteiger partial charge in [-0.25, -0.2) is 8.78 Å². The maximum absolute atomic E-state index is 14.7. The predicted molar refractivity (Wildman–Crippen MR) is 318 cm³/mol. The predicted octanol–water partition coefficient (Wildman–Crippen LogP) is 11.0. The van der Waals surface area contributed by atoms with Gasteiger partial charge in [-0.2, -0.15) is 0 Å². The zero-order valence-corrected chi connectivity index (χ0v) is 45.7. The van der Waals surface area contributed by atoms with E-state index in [0.29, 0.717) is 62.9 Å². The standard InChI is InChI=1S/C28H31ClFN3O4S.C15H21FN2O3.C13H12ClNO2S.3CH4/c29-25-13-17-3-4-20(14-24(17)38-25)33-8-5-18(15-33)28(35)31-22(16-32-6-1-2-7-32)26(34)19-11-21(30)27-23(12-19)36-9-10-37-27;16-11-7-10(8-13-15(11)21-6-5-20-13)14(19)12(17)9-18-3-1-2-4-18;14-12-5-8-1-2-10(6-11(8)18-12)15-4-3-9(7-15)13(16)17;;;/h3-4,11-14,18,22,26,34H,1-2,5-10,15-16H2,(H,31,35);7-8,12,14,19H,1-6,9,17H2;1-2,5-6,9H,3-4,7H2,(H,16,17);3*1H4/t18-,22-,26-;12-,14-;9-;;;/m111.../s1. The smallest absolute Gasteiger partial charge is 0.308 e. The highest BCUT2D eigenvalue weighted by atomic mass is 35.5. The fourth-order valence-corrected chi connectivity index (χ4v) is 13.4. The Morgan fingerprint density at radius 3 is 1.56 bits per heavy atom. The van der Waals surface area contributed by atoms with E-state index in [1.807, 2.05) is 24.3 Å². The van der Waals surface area contributed by atoms with Gasteiger partial charge in [0.1, 0.15) is 32.5 Å². The minimum Gasteiger partial charge on any atom is -0.486 e. The van der Waals surface area contributed by atoms with Crippen molar-refractivity contribution in [1.82, 2.24) is 15.1 Å². The normalized spacial score (nSPS) is 20.0. The Hall–Kier alpha value is -5.22. The van der Waals surface area contributed by atoms with Crippen molar-refractivity contribution >= 4 is 89.3 Å². The fraction of sp³-hybridized carbons (Fsp3) is 0.492. The van der Waals surface area contributed by atoms with Crippen LogP contribution >= 0.6 is 45.9 Å². The lowest BCUT2D eigenvalue weighted by Crippen LogP contribution is -2.48. The summed E-state index contributed by atoms with van der Waals surface area (Å²) < 4.78 is 54.1. The van der Waals surface area contributed by atoms with Crippen LogP contribution in [0.25, 0.3) is 20.2 Å². The van der Waals surface area contributed by atoms with Gasteiger partial charge in [0.15, 0.2) is 34.6 Å². The Kier molecular flexibility index (Phi) is 22.0. The molecule has 6 aliphatic heterocycles. The number of aliphatic hydroxyl groups excluding tert-OH is 2. The number of hydrogen-bond donors (Lipinski definition) is 5. The van der Waals surface area contributed by atoms with Crippen LogP contribution in [0.1, 0.15) is 84.1 Å². The number of carboxylic acid groups (broad SMARTS) is 1. The maximum atomic E-state index is 14.7. The van der Waals surface area contributed by atoms with Crippen molar-refractivity contribution in [2.24, 2.45) is 17.6 Å². The number of nitrogens with one attached hydrogen (secondary N) is 1. The Bertz CT molecular complexity index is 3050. The van der Waals surface area contributed by atoms with E-state index in [9.17, 15) is 28.6 Å². The number of hydrogen-bond acceptors (Lipinski definition) is 15. The first-order chi connectivity index (χ1) is 37.2. The summed E-state index contributed by atoms with van der Waals surface area (Å²) in [5.74, 6) is -1.52. The molecular formula is C59H76Cl2F2N6O9S2. The SMILES string of the molecule is C.C.C.N[C@H](CN1CCCC1)[C@H](O)c1cc(F)c2c(c1)OCCO2.O=C(N[C@H](CN1CCCC1)[C@H](O)c1cc(F)c2c(c1)OCCO2)[C@@H]1CCN(c2ccc3cc(Cl)sc3c2)C1.O=C(O)[C@@H]1CCN(c2ccc3cc(Cl)sc3c2)C1. The number of benzene rings is 4. The average molecular weight is 1190 g/mol. The van der Waals surface area contributed by atoms with E-state index in [4.69, 9.17) is 53.0 Å². The molecule has 8 heterocycles. The summed E-state index contributed by atoms with van der Waals surface area (Å²) in [6, 6.07) is 21.1. The number of rotatable bonds is 13. The number of thiophene rings is 2. The zero-order valence-electron chi connectivity index (χ0n) is 42.5. The number of ether oxygens (including phenoxy) is 4. The number of carboxylic acids is 1. The molecule has 2 aromatic heterocycles.